The summed E-state index contributed by atoms with van der Waals surface area (Å²) < 4.78 is 5.76. The number of ether oxygens (including phenoxy) is 1. The molecule has 132 valence electrons. The number of anilines is 1. The molecular formula is C17H20N4O3S. The lowest BCUT2D eigenvalue weighted by Crippen LogP contribution is -2.45. The number of nitro groups is 1. The van der Waals surface area contributed by atoms with Gasteiger partial charge in [0.1, 0.15) is 17.2 Å². The summed E-state index contributed by atoms with van der Waals surface area (Å²) in [5.74, 6) is 1.51. The van der Waals surface area contributed by atoms with E-state index in [1.165, 1.54) is 6.07 Å². The van der Waals surface area contributed by atoms with E-state index in [2.05, 4.69) is 28.7 Å². The highest BCUT2D eigenvalue weighted by Crippen LogP contribution is 2.26. The number of hydrogen-bond acceptors (Lipinski definition) is 7. The van der Waals surface area contributed by atoms with Crippen LogP contribution in [0.4, 0.5) is 11.5 Å². The number of non-ortho nitro benzene ring substituents is 1. The van der Waals surface area contributed by atoms with Crippen LogP contribution in [-0.2, 0) is 10.5 Å². The van der Waals surface area contributed by atoms with Gasteiger partial charge in [-0.25, -0.2) is 9.97 Å². The van der Waals surface area contributed by atoms with Crippen LogP contribution in [0, 0.1) is 10.1 Å². The molecule has 1 aromatic carbocycles. The minimum atomic E-state index is -0.377. The number of morpholine rings is 1. The van der Waals surface area contributed by atoms with E-state index in [1.807, 2.05) is 12.1 Å². The molecule has 25 heavy (non-hydrogen) atoms. The Hall–Kier alpha value is -2.19. The van der Waals surface area contributed by atoms with Gasteiger partial charge < -0.3 is 9.64 Å². The summed E-state index contributed by atoms with van der Waals surface area (Å²) in [7, 11) is 0. The zero-order valence-electron chi connectivity index (χ0n) is 14.2. The number of nitro benzene ring substituents is 1. The molecule has 0 bridgehead atoms. The summed E-state index contributed by atoms with van der Waals surface area (Å²) in [5.41, 5.74) is 1.01. The average molecular weight is 360 g/mol. The van der Waals surface area contributed by atoms with Gasteiger partial charge >= 0.3 is 0 Å². The molecule has 1 aliphatic heterocycles. The van der Waals surface area contributed by atoms with Crippen molar-refractivity contribution in [2.75, 3.05) is 18.0 Å². The number of nitrogens with zero attached hydrogens (tertiary/aromatic N) is 4. The number of benzene rings is 1. The summed E-state index contributed by atoms with van der Waals surface area (Å²) in [5, 5.41) is 11.7. The summed E-state index contributed by atoms with van der Waals surface area (Å²) >= 11 is 1.54. The Morgan fingerprint density at radius 2 is 2.04 bits per heavy atom. The molecule has 2 unspecified atom stereocenters. The molecule has 2 atom stereocenters. The van der Waals surface area contributed by atoms with Crippen LogP contribution in [0.15, 0.2) is 41.7 Å². The van der Waals surface area contributed by atoms with Gasteiger partial charge in [0, 0.05) is 37.0 Å². The van der Waals surface area contributed by atoms with Crippen molar-refractivity contribution in [1.82, 2.24) is 9.97 Å². The monoisotopic (exact) mass is 360 g/mol. The maximum atomic E-state index is 10.9. The van der Waals surface area contributed by atoms with Gasteiger partial charge in [-0.15, -0.1) is 11.8 Å². The number of aromatic nitrogens is 2. The van der Waals surface area contributed by atoms with E-state index < -0.39 is 0 Å². The van der Waals surface area contributed by atoms with E-state index in [0.717, 1.165) is 29.5 Å². The van der Waals surface area contributed by atoms with Gasteiger partial charge in [-0.1, -0.05) is 12.1 Å². The highest BCUT2D eigenvalue weighted by Gasteiger charge is 2.23. The van der Waals surface area contributed by atoms with Crippen molar-refractivity contribution in [3.63, 3.8) is 0 Å². The first-order valence-electron chi connectivity index (χ1n) is 8.10. The Labute approximate surface area is 150 Å². The zero-order chi connectivity index (χ0) is 17.8. The van der Waals surface area contributed by atoms with Crippen LogP contribution in [-0.4, -0.2) is 40.2 Å². The van der Waals surface area contributed by atoms with Crippen LogP contribution in [0.1, 0.15) is 19.4 Å². The molecular weight excluding hydrogens is 340 g/mol. The molecule has 1 saturated heterocycles. The minimum absolute atomic E-state index is 0.109. The normalized spacial score (nSPS) is 20.5. The van der Waals surface area contributed by atoms with Gasteiger partial charge in [-0.05, 0) is 19.4 Å². The second-order valence-corrected chi connectivity index (χ2v) is 7.09. The van der Waals surface area contributed by atoms with Crippen LogP contribution < -0.4 is 4.90 Å². The van der Waals surface area contributed by atoms with Crippen LogP contribution in [0.25, 0.3) is 0 Å². The van der Waals surface area contributed by atoms with E-state index in [4.69, 9.17) is 4.74 Å². The second kappa shape index (κ2) is 7.79. The highest BCUT2D eigenvalue weighted by atomic mass is 32.2. The van der Waals surface area contributed by atoms with Gasteiger partial charge in [0.05, 0.1) is 17.1 Å². The molecule has 0 amide bonds. The van der Waals surface area contributed by atoms with Gasteiger partial charge in [-0.3, -0.25) is 10.1 Å². The second-order valence-electron chi connectivity index (χ2n) is 6.09. The molecule has 2 heterocycles. The quantitative estimate of drug-likeness (QED) is 0.350. The van der Waals surface area contributed by atoms with Gasteiger partial charge in [0.25, 0.3) is 5.69 Å². The number of thioether (sulfide) groups is 1. The predicted molar refractivity (Wildman–Crippen MR) is 96.9 cm³/mol. The Balaban J connectivity index is 1.68. The van der Waals surface area contributed by atoms with Crippen molar-refractivity contribution in [2.24, 2.45) is 0 Å². The summed E-state index contributed by atoms with van der Waals surface area (Å²) in [4.78, 5) is 21.4. The van der Waals surface area contributed by atoms with Crippen molar-refractivity contribution >= 4 is 23.3 Å². The average Bonchev–Trinajstić information content (AvgIpc) is 2.59. The van der Waals surface area contributed by atoms with E-state index in [-0.39, 0.29) is 22.8 Å². The minimum Gasteiger partial charge on any atom is -0.372 e. The maximum Gasteiger partial charge on any atom is 0.269 e. The molecule has 0 saturated carbocycles. The van der Waals surface area contributed by atoms with Crippen molar-refractivity contribution in [1.29, 1.82) is 0 Å². The lowest BCUT2D eigenvalue weighted by molar-refractivity contribution is -0.384. The SMILES string of the molecule is CC1CN(c2cc(SCc3cccc([N+](=O)[O-])c3)ncn2)CC(C)O1. The van der Waals surface area contributed by atoms with Crippen molar-refractivity contribution in [3.05, 3.63) is 52.3 Å². The van der Waals surface area contributed by atoms with Crippen molar-refractivity contribution in [2.45, 2.75) is 36.8 Å². The van der Waals surface area contributed by atoms with Crippen LogP contribution >= 0.6 is 11.8 Å². The Bertz CT molecular complexity index is 748. The van der Waals surface area contributed by atoms with Crippen molar-refractivity contribution < 1.29 is 9.66 Å². The first-order chi connectivity index (χ1) is 12.0. The number of rotatable bonds is 5. The third-order valence-corrected chi connectivity index (χ3v) is 4.88. The van der Waals surface area contributed by atoms with Crippen molar-refractivity contribution in [3.8, 4) is 0 Å². The Morgan fingerprint density at radius 1 is 1.28 bits per heavy atom. The molecule has 1 aliphatic rings. The molecule has 1 fully saturated rings. The van der Waals surface area contributed by atoms with E-state index >= 15 is 0 Å². The third-order valence-electron chi connectivity index (χ3n) is 3.88. The molecule has 2 aromatic rings. The first kappa shape index (κ1) is 17.6. The maximum absolute atomic E-state index is 10.9. The van der Waals surface area contributed by atoms with Crippen LogP contribution in [0.2, 0.25) is 0 Å². The molecule has 0 spiro atoms. The number of hydrogen-bond donors (Lipinski definition) is 0. The standard InChI is InChI=1S/C17H20N4O3S/c1-12-8-20(9-13(2)24-12)16-7-17(19-11-18-16)25-10-14-4-3-5-15(6-14)21(22)23/h3-7,11-13H,8-10H2,1-2H3. The van der Waals surface area contributed by atoms with E-state index in [0.29, 0.717) is 5.75 Å². The van der Waals surface area contributed by atoms with E-state index in [9.17, 15) is 10.1 Å². The summed E-state index contributed by atoms with van der Waals surface area (Å²) in [6.07, 6.45) is 1.90. The molecule has 8 heteroatoms. The smallest absolute Gasteiger partial charge is 0.269 e. The Kier molecular flexibility index (Phi) is 5.50. The topological polar surface area (TPSA) is 81.4 Å². The highest BCUT2D eigenvalue weighted by molar-refractivity contribution is 7.98. The summed E-state index contributed by atoms with van der Waals surface area (Å²) in [6, 6.07) is 8.65. The molecule has 0 N–H and O–H groups in total. The molecule has 1 aromatic heterocycles. The zero-order valence-corrected chi connectivity index (χ0v) is 15.0. The van der Waals surface area contributed by atoms with Gasteiger partial charge in [-0.2, -0.15) is 0 Å². The first-order valence-corrected chi connectivity index (χ1v) is 9.08. The van der Waals surface area contributed by atoms with Crippen LogP contribution in [0.3, 0.4) is 0 Å². The summed E-state index contributed by atoms with van der Waals surface area (Å²) in [6.45, 7) is 5.72. The largest absolute Gasteiger partial charge is 0.372 e. The molecule has 0 radical (unpaired) electrons. The van der Waals surface area contributed by atoms with E-state index in [1.54, 1.807) is 30.2 Å². The fourth-order valence-electron chi connectivity index (χ4n) is 2.86. The molecule has 3 rings (SSSR count). The lowest BCUT2D eigenvalue weighted by Gasteiger charge is -2.36. The lowest BCUT2D eigenvalue weighted by atomic mass is 10.2. The Morgan fingerprint density at radius 3 is 2.76 bits per heavy atom. The predicted octanol–water partition coefficient (Wildman–Crippen LogP) is 3.29. The fraction of sp³-hybridized carbons (Fsp3) is 0.412. The molecule has 0 aliphatic carbocycles. The van der Waals surface area contributed by atoms with Gasteiger partial charge in [0.2, 0.25) is 0 Å². The van der Waals surface area contributed by atoms with Crippen LogP contribution in [0.5, 0.6) is 0 Å². The fourth-order valence-corrected chi connectivity index (χ4v) is 3.67. The molecule has 7 nitrogen and oxygen atoms in total. The third kappa shape index (κ3) is 4.67. The van der Waals surface area contributed by atoms with Gasteiger partial charge in [0.15, 0.2) is 0 Å².